The highest BCUT2D eigenvalue weighted by Crippen LogP contribution is 2.39. The third-order valence-electron chi connectivity index (χ3n) is 4.45. The Kier molecular flexibility index (Phi) is 2.77. The fourth-order valence-corrected chi connectivity index (χ4v) is 3.43. The zero-order valence-corrected chi connectivity index (χ0v) is 12.0. The minimum absolute atomic E-state index is 0.0666. The van der Waals surface area contributed by atoms with Crippen molar-refractivity contribution >= 4 is 5.90 Å². The smallest absolute Gasteiger partial charge is 0.180 e. The molecule has 0 N–H and O–H groups in total. The molecule has 1 spiro atoms. The number of aryl methyl sites for hydroxylation is 1. The minimum atomic E-state index is -0.0666. The molecule has 21 heavy (non-hydrogen) atoms. The van der Waals surface area contributed by atoms with E-state index in [2.05, 4.69) is 28.2 Å². The molecule has 1 aromatic heterocycles. The molecule has 4 nitrogen and oxygen atoms in total. The normalized spacial score (nSPS) is 23.6. The van der Waals surface area contributed by atoms with E-state index in [4.69, 9.17) is 9.73 Å². The van der Waals surface area contributed by atoms with Gasteiger partial charge in [0.2, 0.25) is 0 Å². The lowest BCUT2D eigenvalue weighted by molar-refractivity contribution is 0.236. The second kappa shape index (κ2) is 4.65. The van der Waals surface area contributed by atoms with Crippen molar-refractivity contribution in [3.8, 4) is 11.1 Å². The van der Waals surface area contributed by atoms with Crippen LogP contribution in [0.2, 0.25) is 0 Å². The van der Waals surface area contributed by atoms with Gasteiger partial charge in [0.25, 0.3) is 0 Å². The molecule has 1 aromatic carbocycles. The Morgan fingerprint density at radius 2 is 2.05 bits per heavy atom. The van der Waals surface area contributed by atoms with E-state index in [0.717, 1.165) is 30.7 Å². The second-order valence-electron chi connectivity index (χ2n) is 5.89. The molecule has 0 saturated carbocycles. The molecule has 1 aliphatic carbocycles. The molecule has 0 unspecified atom stereocenters. The van der Waals surface area contributed by atoms with E-state index in [0.29, 0.717) is 6.61 Å². The van der Waals surface area contributed by atoms with Crippen LogP contribution in [0.4, 0.5) is 0 Å². The van der Waals surface area contributed by atoms with Crippen LogP contribution >= 0.6 is 0 Å². The van der Waals surface area contributed by atoms with Gasteiger partial charge in [0.1, 0.15) is 18.5 Å². The van der Waals surface area contributed by atoms with E-state index in [1.165, 1.54) is 16.7 Å². The maximum atomic E-state index is 5.63. The Balaban J connectivity index is 1.80. The molecule has 2 aliphatic rings. The van der Waals surface area contributed by atoms with Crippen molar-refractivity contribution in [2.45, 2.75) is 31.7 Å². The highest BCUT2D eigenvalue weighted by atomic mass is 16.5. The standard InChI is InChI=1S/C17H17N3O/c1-12-20-17(10-21-12)6-5-13-3-2-4-15(16(13)7-17)14-8-18-11-19-9-14/h2-4,8-9,11H,5-7,10H2,1H3/t17-/m0/s1. The number of nitrogens with zero attached hydrogens (tertiary/aromatic N) is 3. The Hall–Kier alpha value is -2.23. The van der Waals surface area contributed by atoms with E-state index >= 15 is 0 Å². The van der Waals surface area contributed by atoms with Gasteiger partial charge in [-0.25, -0.2) is 15.0 Å². The third-order valence-corrected chi connectivity index (χ3v) is 4.45. The maximum Gasteiger partial charge on any atom is 0.180 e. The van der Waals surface area contributed by atoms with Crippen molar-refractivity contribution < 1.29 is 4.74 Å². The molecular formula is C17H17N3O. The molecule has 0 amide bonds. The fourth-order valence-electron chi connectivity index (χ4n) is 3.43. The van der Waals surface area contributed by atoms with E-state index < -0.39 is 0 Å². The van der Waals surface area contributed by atoms with Crippen LogP contribution in [0.5, 0.6) is 0 Å². The van der Waals surface area contributed by atoms with Crippen LogP contribution in [0, 0.1) is 0 Å². The predicted octanol–water partition coefficient (Wildman–Crippen LogP) is 2.82. The molecule has 0 fully saturated rings. The van der Waals surface area contributed by atoms with Crippen LogP contribution in [0.1, 0.15) is 24.5 Å². The lowest BCUT2D eigenvalue weighted by Crippen LogP contribution is -2.35. The second-order valence-corrected chi connectivity index (χ2v) is 5.89. The summed E-state index contributed by atoms with van der Waals surface area (Å²) in [4.78, 5) is 13.1. The summed E-state index contributed by atoms with van der Waals surface area (Å²) in [6.07, 6.45) is 8.37. The van der Waals surface area contributed by atoms with Crippen molar-refractivity contribution in [2.24, 2.45) is 4.99 Å². The lowest BCUT2D eigenvalue weighted by atomic mass is 9.76. The van der Waals surface area contributed by atoms with Gasteiger partial charge in [0, 0.05) is 31.3 Å². The molecule has 0 saturated heterocycles. The number of aliphatic imine (C=N–C) groups is 1. The predicted molar refractivity (Wildman–Crippen MR) is 81.3 cm³/mol. The molecule has 1 aliphatic heterocycles. The first-order valence-corrected chi connectivity index (χ1v) is 7.31. The molecule has 0 radical (unpaired) electrons. The van der Waals surface area contributed by atoms with Gasteiger partial charge >= 0.3 is 0 Å². The number of hydrogen-bond acceptors (Lipinski definition) is 4. The lowest BCUT2D eigenvalue weighted by Gasteiger charge is -2.32. The molecule has 4 rings (SSSR count). The van der Waals surface area contributed by atoms with Gasteiger partial charge in [-0.15, -0.1) is 0 Å². The number of fused-ring (bicyclic) bond motifs is 1. The number of rotatable bonds is 1. The summed E-state index contributed by atoms with van der Waals surface area (Å²) in [7, 11) is 0. The number of hydrogen-bond donors (Lipinski definition) is 0. The van der Waals surface area contributed by atoms with Gasteiger partial charge in [-0.2, -0.15) is 0 Å². The topological polar surface area (TPSA) is 47.4 Å². The van der Waals surface area contributed by atoms with Crippen LogP contribution in [0.15, 0.2) is 41.9 Å². The summed E-state index contributed by atoms with van der Waals surface area (Å²) in [5, 5.41) is 0. The monoisotopic (exact) mass is 279 g/mol. The van der Waals surface area contributed by atoms with E-state index in [9.17, 15) is 0 Å². The SMILES string of the molecule is CC1=N[C@]2(CCc3cccc(-c4cncnc4)c3C2)CO1. The van der Waals surface area contributed by atoms with Crippen molar-refractivity contribution in [2.75, 3.05) is 6.61 Å². The Morgan fingerprint density at radius 1 is 1.19 bits per heavy atom. The average molecular weight is 279 g/mol. The van der Waals surface area contributed by atoms with Crippen LogP contribution < -0.4 is 0 Å². The van der Waals surface area contributed by atoms with Gasteiger partial charge in [-0.3, -0.25) is 0 Å². The first-order valence-electron chi connectivity index (χ1n) is 7.31. The van der Waals surface area contributed by atoms with Gasteiger partial charge in [0.15, 0.2) is 5.90 Å². The number of benzene rings is 1. The van der Waals surface area contributed by atoms with Gasteiger partial charge in [0.05, 0.1) is 0 Å². The summed E-state index contributed by atoms with van der Waals surface area (Å²) in [6.45, 7) is 2.65. The van der Waals surface area contributed by atoms with Crippen molar-refractivity contribution in [1.82, 2.24) is 9.97 Å². The summed E-state index contributed by atoms with van der Waals surface area (Å²) in [5.74, 6) is 0.818. The van der Waals surface area contributed by atoms with Crippen molar-refractivity contribution in [1.29, 1.82) is 0 Å². The number of aromatic nitrogens is 2. The Morgan fingerprint density at radius 3 is 2.81 bits per heavy atom. The largest absolute Gasteiger partial charge is 0.479 e. The highest BCUT2D eigenvalue weighted by molar-refractivity contribution is 5.76. The van der Waals surface area contributed by atoms with Crippen molar-refractivity contribution in [3.05, 3.63) is 48.0 Å². The maximum absolute atomic E-state index is 5.63. The summed E-state index contributed by atoms with van der Waals surface area (Å²) < 4.78 is 5.63. The van der Waals surface area contributed by atoms with Crippen LogP contribution in [0.25, 0.3) is 11.1 Å². The molecule has 2 heterocycles. The molecule has 4 heteroatoms. The summed E-state index contributed by atoms with van der Waals surface area (Å²) >= 11 is 0. The van der Waals surface area contributed by atoms with Gasteiger partial charge < -0.3 is 4.74 Å². The molecule has 106 valence electrons. The molecular weight excluding hydrogens is 262 g/mol. The fraction of sp³-hybridized carbons (Fsp3) is 0.353. The summed E-state index contributed by atoms with van der Waals surface area (Å²) in [6, 6.07) is 6.50. The third kappa shape index (κ3) is 2.11. The first-order chi connectivity index (χ1) is 10.3. The van der Waals surface area contributed by atoms with Crippen LogP contribution in [0.3, 0.4) is 0 Å². The van der Waals surface area contributed by atoms with E-state index in [1.807, 2.05) is 19.3 Å². The van der Waals surface area contributed by atoms with Gasteiger partial charge in [-0.05, 0) is 29.5 Å². The molecule has 2 aromatic rings. The van der Waals surface area contributed by atoms with E-state index in [-0.39, 0.29) is 5.54 Å². The first kappa shape index (κ1) is 12.5. The zero-order chi connectivity index (χ0) is 14.3. The van der Waals surface area contributed by atoms with Crippen LogP contribution in [-0.2, 0) is 17.6 Å². The van der Waals surface area contributed by atoms with Crippen molar-refractivity contribution in [3.63, 3.8) is 0 Å². The van der Waals surface area contributed by atoms with Gasteiger partial charge in [-0.1, -0.05) is 18.2 Å². The zero-order valence-electron chi connectivity index (χ0n) is 12.0. The minimum Gasteiger partial charge on any atom is -0.479 e. The quantitative estimate of drug-likeness (QED) is 0.806. The molecule has 1 atom stereocenters. The highest BCUT2D eigenvalue weighted by Gasteiger charge is 2.39. The summed E-state index contributed by atoms with van der Waals surface area (Å²) in [5.41, 5.74) is 5.03. The van der Waals surface area contributed by atoms with E-state index in [1.54, 1.807) is 6.33 Å². The Labute approximate surface area is 123 Å². The average Bonchev–Trinajstić information content (AvgIpc) is 2.88. The van der Waals surface area contributed by atoms with Crippen LogP contribution in [-0.4, -0.2) is 28.0 Å². The number of ether oxygens (including phenoxy) is 1. The molecule has 0 bridgehead atoms. The Bertz CT molecular complexity index is 711.